The molecule has 3 rings (SSSR count). The maximum atomic E-state index is 12.9. The summed E-state index contributed by atoms with van der Waals surface area (Å²) in [5.74, 6) is -0.581. The summed E-state index contributed by atoms with van der Waals surface area (Å²) in [5, 5.41) is 0. The number of hydrogen-bond acceptors (Lipinski definition) is 3. The van der Waals surface area contributed by atoms with Crippen LogP contribution in [-0.2, 0) is 17.6 Å². The summed E-state index contributed by atoms with van der Waals surface area (Å²) in [7, 11) is 1.37. The van der Waals surface area contributed by atoms with Crippen LogP contribution in [0.3, 0.4) is 0 Å². The number of aromatic nitrogens is 1. The van der Waals surface area contributed by atoms with Crippen LogP contribution in [-0.4, -0.2) is 18.1 Å². The average Bonchev–Trinajstić information content (AvgIpc) is 2.91. The lowest BCUT2D eigenvalue weighted by molar-refractivity contribution is 0.0599. The number of pyridine rings is 1. The minimum Gasteiger partial charge on any atom is -0.465 e. The molecule has 0 radical (unpaired) electrons. The number of benzene rings is 1. The molecule has 3 nitrogen and oxygen atoms in total. The van der Waals surface area contributed by atoms with E-state index in [1.54, 1.807) is 24.4 Å². The Labute approximate surface area is 122 Å². The van der Waals surface area contributed by atoms with E-state index in [1.165, 1.54) is 19.2 Å². The fourth-order valence-electron chi connectivity index (χ4n) is 2.57. The Kier molecular flexibility index (Phi) is 3.52. The number of fused-ring (bicyclic) bond motifs is 1. The molecule has 0 fully saturated rings. The van der Waals surface area contributed by atoms with Gasteiger partial charge in [0.05, 0.1) is 18.4 Å². The van der Waals surface area contributed by atoms with Crippen molar-refractivity contribution in [2.75, 3.05) is 7.11 Å². The van der Waals surface area contributed by atoms with Gasteiger partial charge in [-0.1, -0.05) is 17.7 Å². The van der Waals surface area contributed by atoms with E-state index in [0.29, 0.717) is 12.0 Å². The Morgan fingerprint density at radius 2 is 2.05 bits per heavy atom. The predicted octanol–water partition coefficient (Wildman–Crippen LogP) is 3.19. The van der Waals surface area contributed by atoms with Gasteiger partial charge in [-0.3, -0.25) is 4.98 Å². The molecule has 0 N–H and O–H groups in total. The normalized spacial score (nSPS) is 12.8. The van der Waals surface area contributed by atoms with Gasteiger partial charge in [0.15, 0.2) is 0 Å². The second-order valence-electron chi connectivity index (χ2n) is 5.00. The zero-order chi connectivity index (χ0) is 14.8. The van der Waals surface area contributed by atoms with Crippen LogP contribution in [0, 0.1) is 5.82 Å². The van der Waals surface area contributed by atoms with Crippen LogP contribution in [0.1, 0.15) is 27.2 Å². The van der Waals surface area contributed by atoms with Crippen molar-refractivity contribution in [2.24, 2.45) is 0 Å². The summed E-state index contributed by atoms with van der Waals surface area (Å²) >= 11 is 0. The molecule has 106 valence electrons. The van der Waals surface area contributed by atoms with Crippen molar-refractivity contribution < 1.29 is 13.9 Å². The lowest BCUT2D eigenvalue weighted by atomic mass is 10.0. The number of methoxy groups -OCH3 is 1. The van der Waals surface area contributed by atoms with E-state index >= 15 is 0 Å². The number of ether oxygens (including phenoxy) is 1. The topological polar surface area (TPSA) is 39.2 Å². The van der Waals surface area contributed by atoms with Crippen LogP contribution >= 0.6 is 0 Å². The van der Waals surface area contributed by atoms with E-state index in [0.717, 1.165) is 28.8 Å². The molecule has 0 unspecified atom stereocenters. The van der Waals surface area contributed by atoms with Crippen molar-refractivity contribution in [3.8, 4) is 0 Å². The zero-order valence-corrected chi connectivity index (χ0v) is 11.6. The molecule has 0 aliphatic heterocycles. The Balaban J connectivity index is 1.83. The maximum absolute atomic E-state index is 12.9. The highest BCUT2D eigenvalue weighted by Gasteiger charge is 2.21. The minimum absolute atomic E-state index is 0.239. The number of allylic oxidation sites excluding steroid dienone is 1. The maximum Gasteiger partial charge on any atom is 0.338 e. The molecule has 1 aliphatic carbocycles. The third-order valence-electron chi connectivity index (χ3n) is 3.58. The predicted molar refractivity (Wildman–Crippen MR) is 77.4 cm³/mol. The van der Waals surface area contributed by atoms with E-state index in [-0.39, 0.29) is 11.8 Å². The minimum atomic E-state index is -0.343. The van der Waals surface area contributed by atoms with Gasteiger partial charge < -0.3 is 4.74 Å². The van der Waals surface area contributed by atoms with E-state index in [1.807, 2.05) is 6.08 Å². The number of carbonyl (C=O) groups excluding carboxylic acids is 1. The smallest absolute Gasteiger partial charge is 0.338 e. The third kappa shape index (κ3) is 2.70. The van der Waals surface area contributed by atoms with Gasteiger partial charge in [0.2, 0.25) is 0 Å². The van der Waals surface area contributed by atoms with Crippen LogP contribution in [0.5, 0.6) is 0 Å². The molecule has 1 aromatic heterocycles. The molecule has 0 saturated carbocycles. The van der Waals surface area contributed by atoms with Crippen LogP contribution in [0.25, 0.3) is 6.08 Å². The first-order chi connectivity index (χ1) is 10.2. The largest absolute Gasteiger partial charge is 0.465 e. The van der Waals surface area contributed by atoms with Gasteiger partial charge in [-0.25, -0.2) is 9.18 Å². The molecule has 1 aromatic carbocycles. The molecule has 1 heterocycles. The second kappa shape index (κ2) is 5.48. The molecule has 0 amide bonds. The van der Waals surface area contributed by atoms with Gasteiger partial charge in [0.25, 0.3) is 0 Å². The Hall–Kier alpha value is -2.49. The lowest BCUT2D eigenvalue weighted by Gasteiger charge is -2.06. The van der Waals surface area contributed by atoms with Crippen LogP contribution in [0.4, 0.5) is 4.39 Å². The van der Waals surface area contributed by atoms with Gasteiger partial charge in [-0.2, -0.15) is 0 Å². The first-order valence-corrected chi connectivity index (χ1v) is 6.67. The number of nitrogens with zero attached hydrogens (tertiary/aromatic N) is 1. The average molecular weight is 283 g/mol. The highest BCUT2D eigenvalue weighted by molar-refractivity contribution is 5.92. The van der Waals surface area contributed by atoms with Crippen LogP contribution < -0.4 is 0 Å². The van der Waals surface area contributed by atoms with Crippen molar-refractivity contribution in [1.29, 1.82) is 0 Å². The summed E-state index contributed by atoms with van der Waals surface area (Å²) < 4.78 is 17.7. The van der Waals surface area contributed by atoms with Gasteiger partial charge in [-0.05, 0) is 48.2 Å². The Morgan fingerprint density at radius 3 is 2.76 bits per heavy atom. The van der Waals surface area contributed by atoms with E-state index in [4.69, 9.17) is 4.74 Å². The molecule has 0 saturated heterocycles. The third-order valence-corrected chi connectivity index (χ3v) is 3.58. The molecule has 0 bridgehead atoms. The highest BCUT2D eigenvalue weighted by Crippen LogP contribution is 2.28. The van der Waals surface area contributed by atoms with Crippen LogP contribution in [0.15, 0.2) is 42.1 Å². The standard InChI is InChI=1S/C17H14FNO2/c1-21-17(20)14-6-7-19-16-10-12(9-15(14)16)8-11-2-4-13(18)5-3-11/h2-7,10H,8-9H2,1H3. The monoisotopic (exact) mass is 283 g/mol. The van der Waals surface area contributed by atoms with Gasteiger partial charge in [-0.15, -0.1) is 0 Å². The van der Waals surface area contributed by atoms with Gasteiger partial charge >= 0.3 is 5.97 Å². The Bertz CT molecular complexity index is 720. The van der Waals surface area contributed by atoms with E-state index in [2.05, 4.69) is 4.98 Å². The molecule has 2 aromatic rings. The zero-order valence-electron chi connectivity index (χ0n) is 11.6. The second-order valence-corrected chi connectivity index (χ2v) is 5.00. The van der Waals surface area contributed by atoms with Crippen molar-refractivity contribution in [3.63, 3.8) is 0 Å². The lowest BCUT2D eigenvalue weighted by Crippen LogP contribution is -2.06. The summed E-state index contributed by atoms with van der Waals surface area (Å²) in [4.78, 5) is 16.1. The quantitative estimate of drug-likeness (QED) is 0.812. The molecule has 0 spiro atoms. The number of esters is 1. The number of halogens is 1. The highest BCUT2D eigenvalue weighted by atomic mass is 19.1. The van der Waals surface area contributed by atoms with Crippen molar-refractivity contribution in [1.82, 2.24) is 4.98 Å². The van der Waals surface area contributed by atoms with Crippen LogP contribution in [0.2, 0.25) is 0 Å². The van der Waals surface area contributed by atoms with E-state index < -0.39 is 0 Å². The first-order valence-electron chi connectivity index (χ1n) is 6.67. The first kappa shape index (κ1) is 13.5. The summed E-state index contributed by atoms with van der Waals surface area (Å²) in [6.07, 6.45) is 5.00. The summed E-state index contributed by atoms with van der Waals surface area (Å²) in [6.45, 7) is 0. The van der Waals surface area contributed by atoms with Gasteiger partial charge in [0, 0.05) is 6.20 Å². The molecule has 0 atom stereocenters. The number of rotatable bonds is 3. The summed E-state index contributed by atoms with van der Waals surface area (Å²) in [5.41, 5.74) is 4.47. The molecular weight excluding hydrogens is 269 g/mol. The molecule has 4 heteroatoms. The molecular formula is C17H14FNO2. The fourth-order valence-corrected chi connectivity index (χ4v) is 2.57. The van der Waals surface area contributed by atoms with Crippen molar-refractivity contribution >= 4 is 12.0 Å². The SMILES string of the molecule is COC(=O)c1ccnc2c1CC(Cc1ccc(F)cc1)=C2. The summed E-state index contributed by atoms with van der Waals surface area (Å²) in [6, 6.07) is 8.13. The Morgan fingerprint density at radius 1 is 1.29 bits per heavy atom. The van der Waals surface area contributed by atoms with E-state index in [9.17, 15) is 9.18 Å². The van der Waals surface area contributed by atoms with Crippen molar-refractivity contribution in [3.05, 3.63) is 70.3 Å². The molecule has 21 heavy (non-hydrogen) atoms. The number of carbonyl (C=O) groups is 1. The van der Waals surface area contributed by atoms with Gasteiger partial charge in [0.1, 0.15) is 5.82 Å². The number of hydrogen-bond donors (Lipinski definition) is 0. The van der Waals surface area contributed by atoms with Crippen molar-refractivity contribution in [2.45, 2.75) is 12.8 Å². The fraction of sp³-hybridized carbons (Fsp3) is 0.176. The molecule has 1 aliphatic rings.